The molecule has 0 bridgehead atoms. The first-order valence-electron chi connectivity index (χ1n) is 3.89. The molecule has 0 spiro atoms. The van der Waals surface area contributed by atoms with Gasteiger partial charge in [-0.2, -0.15) is 5.26 Å². The normalized spacial score (nSPS) is 26.0. The predicted octanol–water partition coefficient (Wildman–Crippen LogP) is -0.371. The fraction of sp³-hybridized carbons (Fsp3) is 0.857. The zero-order chi connectivity index (χ0) is 9.19. The summed E-state index contributed by atoms with van der Waals surface area (Å²) in [5.41, 5.74) is 0. The van der Waals surface area contributed by atoms with Crippen LogP contribution in [0.2, 0.25) is 0 Å². The molecule has 1 heterocycles. The molecule has 1 rings (SSSR count). The minimum atomic E-state index is -2.81. The van der Waals surface area contributed by atoms with E-state index in [1.807, 2.05) is 4.90 Å². The molecule has 4 nitrogen and oxygen atoms in total. The highest BCUT2D eigenvalue weighted by Gasteiger charge is 2.24. The van der Waals surface area contributed by atoms with Crippen LogP contribution in [-0.4, -0.2) is 44.0 Å². The highest BCUT2D eigenvalue weighted by atomic mass is 32.2. The van der Waals surface area contributed by atoms with E-state index in [9.17, 15) is 8.42 Å². The van der Waals surface area contributed by atoms with Gasteiger partial charge in [0, 0.05) is 13.1 Å². The summed E-state index contributed by atoms with van der Waals surface area (Å²) in [6, 6.07) is 1.93. The largest absolute Gasteiger partial charge is 0.286 e. The predicted molar refractivity (Wildman–Crippen MR) is 45.3 cm³/mol. The number of sulfone groups is 1. The molecule has 1 unspecified atom stereocenters. The molecule has 12 heavy (non-hydrogen) atoms. The van der Waals surface area contributed by atoms with Gasteiger partial charge >= 0.3 is 0 Å². The van der Waals surface area contributed by atoms with Gasteiger partial charge in [0.2, 0.25) is 0 Å². The van der Waals surface area contributed by atoms with Crippen LogP contribution in [0.3, 0.4) is 0 Å². The van der Waals surface area contributed by atoms with Crippen molar-refractivity contribution in [3.63, 3.8) is 0 Å². The summed E-state index contributed by atoms with van der Waals surface area (Å²) in [7, 11) is -2.81. The zero-order valence-corrected chi connectivity index (χ0v) is 7.84. The average molecular weight is 188 g/mol. The molecule has 0 saturated carbocycles. The summed E-state index contributed by atoms with van der Waals surface area (Å²) < 4.78 is 22.0. The number of hydrogen-bond acceptors (Lipinski definition) is 4. The Hall–Kier alpha value is -0.600. The lowest BCUT2D eigenvalue weighted by atomic mass is 10.3. The van der Waals surface area contributed by atoms with Gasteiger partial charge in [-0.1, -0.05) is 0 Å². The molecule has 1 saturated heterocycles. The van der Waals surface area contributed by atoms with Crippen molar-refractivity contribution in [1.29, 1.82) is 5.26 Å². The lowest BCUT2D eigenvalue weighted by molar-refractivity contribution is 0.266. The molecule has 1 aliphatic rings. The van der Waals surface area contributed by atoms with Gasteiger partial charge in [0.1, 0.15) is 0 Å². The highest BCUT2D eigenvalue weighted by Crippen LogP contribution is 2.06. The maximum atomic E-state index is 11.0. The van der Waals surface area contributed by atoms with E-state index < -0.39 is 9.84 Å². The molecule has 0 aromatic carbocycles. The molecule has 5 heteroatoms. The lowest BCUT2D eigenvalue weighted by Crippen LogP contribution is -2.44. The smallest absolute Gasteiger partial charge is 0.152 e. The van der Waals surface area contributed by atoms with Crippen LogP contribution >= 0.6 is 0 Å². The van der Waals surface area contributed by atoms with Crippen LogP contribution < -0.4 is 0 Å². The molecule has 0 aliphatic carbocycles. The van der Waals surface area contributed by atoms with Gasteiger partial charge in [-0.25, -0.2) is 8.42 Å². The van der Waals surface area contributed by atoms with Crippen LogP contribution in [-0.2, 0) is 9.84 Å². The topological polar surface area (TPSA) is 61.2 Å². The molecule has 0 aromatic rings. The molecular formula is C7H12N2O2S. The Morgan fingerprint density at radius 2 is 1.92 bits per heavy atom. The third-order valence-electron chi connectivity index (χ3n) is 2.11. The summed E-state index contributed by atoms with van der Waals surface area (Å²) in [6.45, 7) is 2.78. The molecule has 0 amide bonds. The van der Waals surface area contributed by atoms with Gasteiger partial charge in [0.25, 0.3) is 0 Å². The maximum absolute atomic E-state index is 11.0. The molecule has 0 radical (unpaired) electrons. The summed E-state index contributed by atoms with van der Waals surface area (Å²) in [5.74, 6) is 0.387. The number of hydrogen-bond donors (Lipinski definition) is 0. The number of nitrogens with zero attached hydrogens (tertiary/aromatic N) is 2. The van der Waals surface area contributed by atoms with Crippen LogP contribution in [0.5, 0.6) is 0 Å². The summed E-state index contributed by atoms with van der Waals surface area (Å²) in [6.07, 6.45) is 0. The van der Waals surface area contributed by atoms with E-state index in [-0.39, 0.29) is 17.5 Å². The molecule has 0 aromatic heterocycles. The van der Waals surface area contributed by atoms with Crippen molar-refractivity contribution in [3.05, 3.63) is 0 Å². The van der Waals surface area contributed by atoms with E-state index in [4.69, 9.17) is 5.26 Å². The SMILES string of the molecule is CC(C#N)N1CCS(=O)(=O)CC1. The maximum Gasteiger partial charge on any atom is 0.152 e. The zero-order valence-electron chi connectivity index (χ0n) is 7.02. The minimum Gasteiger partial charge on any atom is -0.286 e. The van der Waals surface area contributed by atoms with Gasteiger partial charge in [-0.3, -0.25) is 4.90 Å². The van der Waals surface area contributed by atoms with Crippen molar-refractivity contribution in [2.45, 2.75) is 13.0 Å². The van der Waals surface area contributed by atoms with Gasteiger partial charge in [-0.05, 0) is 6.92 Å². The number of nitriles is 1. The van der Waals surface area contributed by atoms with Gasteiger partial charge in [0.05, 0.1) is 23.6 Å². The Labute approximate surface area is 72.7 Å². The summed E-state index contributed by atoms with van der Waals surface area (Å²) in [5, 5.41) is 8.58. The molecular weight excluding hydrogens is 176 g/mol. The minimum absolute atomic E-state index is 0.166. The summed E-state index contributed by atoms with van der Waals surface area (Å²) >= 11 is 0. The second kappa shape index (κ2) is 3.42. The van der Waals surface area contributed by atoms with Crippen LogP contribution in [0.25, 0.3) is 0 Å². The molecule has 1 aliphatic heterocycles. The number of rotatable bonds is 1. The third kappa shape index (κ3) is 2.19. The first-order chi connectivity index (χ1) is 5.55. The van der Waals surface area contributed by atoms with Crippen molar-refractivity contribution < 1.29 is 8.42 Å². The van der Waals surface area contributed by atoms with E-state index >= 15 is 0 Å². The van der Waals surface area contributed by atoms with Crippen molar-refractivity contribution in [1.82, 2.24) is 4.90 Å². The van der Waals surface area contributed by atoms with Crippen molar-refractivity contribution in [2.75, 3.05) is 24.6 Å². The first kappa shape index (κ1) is 9.49. The van der Waals surface area contributed by atoms with E-state index in [1.54, 1.807) is 6.92 Å². The quantitative estimate of drug-likeness (QED) is 0.563. The van der Waals surface area contributed by atoms with Gasteiger partial charge in [0.15, 0.2) is 9.84 Å². The Morgan fingerprint density at radius 3 is 2.33 bits per heavy atom. The van der Waals surface area contributed by atoms with Crippen LogP contribution in [0.15, 0.2) is 0 Å². The Balaban J connectivity index is 2.53. The molecule has 1 atom stereocenters. The average Bonchev–Trinajstić information content (AvgIpc) is 2.03. The standard InChI is InChI=1S/C7H12N2O2S/c1-7(6-8)9-2-4-12(10,11)5-3-9/h7H,2-5H2,1H3. The van der Waals surface area contributed by atoms with E-state index in [2.05, 4.69) is 6.07 Å². The molecule has 1 fully saturated rings. The lowest BCUT2D eigenvalue weighted by Gasteiger charge is -2.28. The molecule has 68 valence electrons. The Kier molecular flexibility index (Phi) is 2.70. The monoisotopic (exact) mass is 188 g/mol. The molecule has 0 N–H and O–H groups in total. The second-order valence-corrected chi connectivity index (χ2v) is 5.30. The van der Waals surface area contributed by atoms with Crippen molar-refractivity contribution in [3.8, 4) is 6.07 Å². The van der Waals surface area contributed by atoms with Crippen LogP contribution in [0, 0.1) is 11.3 Å². The van der Waals surface area contributed by atoms with Gasteiger partial charge < -0.3 is 0 Å². The first-order valence-corrected chi connectivity index (χ1v) is 5.71. The second-order valence-electron chi connectivity index (χ2n) is 2.99. The fourth-order valence-corrected chi connectivity index (χ4v) is 2.42. The van der Waals surface area contributed by atoms with E-state index in [0.717, 1.165) is 0 Å². The van der Waals surface area contributed by atoms with Crippen LogP contribution in [0.4, 0.5) is 0 Å². The van der Waals surface area contributed by atoms with E-state index in [0.29, 0.717) is 13.1 Å². The van der Waals surface area contributed by atoms with Gasteiger partial charge in [-0.15, -0.1) is 0 Å². The Morgan fingerprint density at radius 1 is 1.42 bits per heavy atom. The summed E-state index contributed by atoms with van der Waals surface area (Å²) in [4.78, 5) is 1.89. The van der Waals surface area contributed by atoms with Crippen molar-refractivity contribution in [2.24, 2.45) is 0 Å². The van der Waals surface area contributed by atoms with E-state index in [1.165, 1.54) is 0 Å². The highest BCUT2D eigenvalue weighted by molar-refractivity contribution is 7.91. The third-order valence-corrected chi connectivity index (χ3v) is 3.72. The van der Waals surface area contributed by atoms with Crippen LogP contribution in [0.1, 0.15) is 6.92 Å². The van der Waals surface area contributed by atoms with Crippen molar-refractivity contribution >= 4 is 9.84 Å². The Bertz CT molecular complexity index is 277. The fourth-order valence-electron chi connectivity index (χ4n) is 1.20.